The summed E-state index contributed by atoms with van der Waals surface area (Å²) in [6, 6.07) is 18.2. The average Bonchev–Trinajstić information content (AvgIpc) is 3.05. The van der Waals surface area contributed by atoms with Crippen molar-refractivity contribution in [2.45, 2.75) is 19.4 Å². The lowest BCUT2D eigenvalue weighted by Gasteiger charge is -2.21. The van der Waals surface area contributed by atoms with Crippen LogP contribution in [0.25, 0.3) is 17.4 Å². The zero-order valence-corrected chi connectivity index (χ0v) is 15.1. The summed E-state index contributed by atoms with van der Waals surface area (Å²) >= 11 is 0. The van der Waals surface area contributed by atoms with Crippen LogP contribution in [0.4, 0.5) is 0 Å². The molecule has 2 aromatic carbocycles. The van der Waals surface area contributed by atoms with Crippen molar-refractivity contribution >= 4 is 6.08 Å². The normalized spacial score (nSPS) is 16.6. The number of hydrogen-bond acceptors (Lipinski definition) is 3. The molecule has 2 heterocycles. The zero-order chi connectivity index (χ0) is 17.9. The molecule has 0 saturated heterocycles. The molecule has 1 unspecified atom stereocenters. The van der Waals surface area contributed by atoms with Crippen LogP contribution < -0.4 is 4.74 Å². The van der Waals surface area contributed by atoms with Gasteiger partial charge in [-0.05, 0) is 31.0 Å². The molecule has 1 aliphatic heterocycles. The van der Waals surface area contributed by atoms with E-state index in [1.54, 1.807) is 7.11 Å². The van der Waals surface area contributed by atoms with E-state index in [2.05, 4.69) is 24.3 Å². The van der Waals surface area contributed by atoms with Crippen molar-refractivity contribution in [1.82, 2.24) is 0 Å². The molecule has 0 radical (unpaired) electrons. The second kappa shape index (κ2) is 7.22. The quantitative estimate of drug-likeness (QED) is 0.617. The summed E-state index contributed by atoms with van der Waals surface area (Å²) in [4.78, 5) is 0. The predicted molar refractivity (Wildman–Crippen MR) is 103 cm³/mol. The highest BCUT2D eigenvalue weighted by molar-refractivity contribution is 5.66. The van der Waals surface area contributed by atoms with E-state index in [4.69, 9.17) is 13.9 Å². The van der Waals surface area contributed by atoms with Gasteiger partial charge in [-0.2, -0.15) is 0 Å². The second-order valence-corrected chi connectivity index (χ2v) is 6.42. The van der Waals surface area contributed by atoms with Crippen LogP contribution in [0.2, 0.25) is 0 Å². The Labute approximate surface area is 153 Å². The van der Waals surface area contributed by atoms with Gasteiger partial charge in [0.15, 0.2) is 0 Å². The van der Waals surface area contributed by atoms with Crippen LogP contribution in [0, 0.1) is 6.92 Å². The molecule has 4 rings (SSSR count). The van der Waals surface area contributed by atoms with E-state index in [0.717, 1.165) is 40.4 Å². The van der Waals surface area contributed by atoms with Gasteiger partial charge >= 0.3 is 0 Å². The highest BCUT2D eigenvalue weighted by atomic mass is 16.5. The van der Waals surface area contributed by atoms with E-state index < -0.39 is 0 Å². The fraction of sp³-hybridized carbons (Fsp3) is 0.217. The molecule has 1 aromatic heterocycles. The smallest absolute Gasteiger partial charge is 0.140 e. The molecule has 132 valence electrons. The minimum Gasteiger partial charge on any atom is -0.497 e. The third-order valence-electron chi connectivity index (χ3n) is 4.80. The van der Waals surface area contributed by atoms with Crippen LogP contribution in [0.5, 0.6) is 5.75 Å². The highest BCUT2D eigenvalue weighted by Crippen LogP contribution is 2.40. The lowest BCUT2D eigenvalue weighted by Crippen LogP contribution is -2.14. The van der Waals surface area contributed by atoms with Gasteiger partial charge in [-0.3, -0.25) is 0 Å². The summed E-state index contributed by atoms with van der Waals surface area (Å²) in [5.41, 5.74) is 4.64. The summed E-state index contributed by atoms with van der Waals surface area (Å²) in [6.07, 6.45) is 5.00. The second-order valence-electron chi connectivity index (χ2n) is 6.42. The molecule has 3 nitrogen and oxygen atoms in total. The number of ether oxygens (including phenoxy) is 2. The summed E-state index contributed by atoms with van der Waals surface area (Å²) in [5, 5.41) is 0. The van der Waals surface area contributed by atoms with Crippen LogP contribution in [0.15, 0.2) is 65.1 Å². The van der Waals surface area contributed by atoms with Gasteiger partial charge in [0, 0.05) is 16.7 Å². The van der Waals surface area contributed by atoms with Gasteiger partial charge < -0.3 is 13.9 Å². The fourth-order valence-corrected chi connectivity index (χ4v) is 3.45. The van der Waals surface area contributed by atoms with E-state index in [1.807, 2.05) is 49.4 Å². The maximum absolute atomic E-state index is 6.14. The van der Waals surface area contributed by atoms with E-state index >= 15 is 0 Å². The Morgan fingerprint density at radius 2 is 1.81 bits per heavy atom. The first-order valence-electron chi connectivity index (χ1n) is 8.87. The Kier molecular flexibility index (Phi) is 4.63. The van der Waals surface area contributed by atoms with Crippen molar-refractivity contribution < 1.29 is 13.9 Å². The lowest BCUT2D eigenvalue weighted by molar-refractivity contribution is 0.0762. The minimum absolute atomic E-state index is 0.103. The van der Waals surface area contributed by atoms with Gasteiger partial charge in [0.2, 0.25) is 0 Å². The minimum atomic E-state index is -0.103. The van der Waals surface area contributed by atoms with Crippen molar-refractivity contribution in [2.75, 3.05) is 13.7 Å². The molecule has 0 saturated carbocycles. The van der Waals surface area contributed by atoms with Gasteiger partial charge in [-0.25, -0.2) is 0 Å². The fourth-order valence-electron chi connectivity index (χ4n) is 3.45. The van der Waals surface area contributed by atoms with Crippen LogP contribution >= 0.6 is 0 Å². The number of methoxy groups -OCH3 is 1. The topological polar surface area (TPSA) is 31.6 Å². The summed E-state index contributed by atoms with van der Waals surface area (Å²) < 4.78 is 17.4. The zero-order valence-electron chi connectivity index (χ0n) is 15.1. The molecule has 3 heteroatoms. The average molecular weight is 346 g/mol. The molecular weight excluding hydrogens is 324 g/mol. The summed E-state index contributed by atoms with van der Waals surface area (Å²) in [6.45, 7) is 2.75. The molecule has 1 aliphatic rings. The number of fused-ring (bicyclic) bond motifs is 1. The molecule has 26 heavy (non-hydrogen) atoms. The number of furan rings is 1. The Hall–Kier alpha value is -2.78. The van der Waals surface area contributed by atoms with E-state index in [0.29, 0.717) is 6.61 Å². The Balaban J connectivity index is 1.69. The van der Waals surface area contributed by atoms with Crippen molar-refractivity contribution in [3.63, 3.8) is 0 Å². The molecule has 1 atom stereocenters. The van der Waals surface area contributed by atoms with Crippen LogP contribution in [0.1, 0.15) is 28.6 Å². The van der Waals surface area contributed by atoms with Crippen molar-refractivity contribution in [3.8, 4) is 17.1 Å². The first-order valence-corrected chi connectivity index (χ1v) is 8.87. The molecule has 0 N–H and O–H groups in total. The summed E-state index contributed by atoms with van der Waals surface area (Å²) in [7, 11) is 1.68. The number of rotatable bonds is 4. The Bertz CT molecular complexity index is 905. The van der Waals surface area contributed by atoms with Crippen molar-refractivity contribution in [1.29, 1.82) is 0 Å². The van der Waals surface area contributed by atoms with Gasteiger partial charge in [0.05, 0.1) is 13.7 Å². The van der Waals surface area contributed by atoms with Gasteiger partial charge in [-0.15, -0.1) is 0 Å². The van der Waals surface area contributed by atoms with Crippen molar-refractivity contribution in [3.05, 3.63) is 83.1 Å². The first kappa shape index (κ1) is 16.7. The lowest BCUT2D eigenvalue weighted by atomic mass is 9.95. The molecular formula is C23H22O3. The third kappa shape index (κ3) is 3.18. The molecule has 0 fully saturated rings. The molecule has 0 bridgehead atoms. The number of aryl methyl sites for hydroxylation is 1. The molecule has 3 aromatic rings. The predicted octanol–water partition coefficient (Wildman–Crippen LogP) is 5.59. The van der Waals surface area contributed by atoms with Crippen LogP contribution in [-0.2, 0) is 11.2 Å². The van der Waals surface area contributed by atoms with E-state index in [9.17, 15) is 0 Å². The standard InChI is InChI=1S/C23H22O3/c1-16-20-14-15-25-21(13-10-17-8-11-19(24-2)12-9-17)22(20)23(26-16)18-6-4-3-5-7-18/h3-13,21H,14-15H2,1-2H3/b13-10+. The summed E-state index contributed by atoms with van der Waals surface area (Å²) in [5.74, 6) is 2.77. The van der Waals surface area contributed by atoms with Crippen molar-refractivity contribution in [2.24, 2.45) is 0 Å². The maximum atomic E-state index is 6.14. The monoisotopic (exact) mass is 346 g/mol. The van der Waals surface area contributed by atoms with Gasteiger partial charge in [0.1, 0.15) is 23.4 Å². The molecule has 0 spiro atoms. The number of hydrogen-bond donors (Lipinski definition) is 0. The Morgan fingerprint density at radius 3 is 2.54 bits per heavy atom. The Morgan fingerprint density at radius 1 is 1.04 bits per heavy atom. The highest BCUT2D eigenvalue weighted by Gasteiger charge is 2.28. The largest absolute Gasteiger partial charge is 0.497 e. The van der Waals surface area contributed by atoms with E-state index in [-0.39, 0.29) is 6.10 Å². The molecule has 0 aliphatic carbocycles. The molecule has 0 amide bonds. The SMILES string of the molecule is COc1ccc(/C=C/C2OCCc3c(C)oc(-c4ccccc4)c32)cc1. The third-order valence-corrected chi connectivity index (χ3v) is 4.80. The van der Waals surface area contributed by atoms with Crippen LogP contribution in [-0.4, -0.2) is 13.7 Å². The van der Waals surface area contributed by atoms with Gasteiger partial charge in [-0.1, -0.05) is 54.6 Å². The van der Waals surface area contributed by atoms with Crippen LogP contribution in [0.3, 0.4) is 0 Å². The van der Waals surface area contributed by atoms with E-state index in [1.165, 1.54) is 5.56 Å². The number of benzene rings is 2. The van der Waals surface area contributed by atoms with Gasteiger partial charge in [0.25, 0.3) is 0 Å². The first-order chi connectivity index (χ1) is 12.8. The maximum Gasteiger partial charge on any atom is 0.140 e.